The second-order valence-corrected chi connectivity index (χ2v) is 8.00. The van der Waals surface area contributed by atoms with Crippen molar-refractivity contribution in [1.82, 2.24) is 9.88 Å². The summed E-state index contributed by atoms with van der Waals surface area (Å²) in [6, 6.07) is 15.4. The number of aromatic amines is 1. The smallest absolute Gasteiger partial charge is 0.123 e. The van der Waals surface area contributed by atoms with Gasteiger partial charge in [0, 0.05) is 40.6 Å². The average Bonchev–Trinajstić information content (AvgIpc) is 3.03. The molecule has 1 aliphatic heterocycles. The highest BCUT2D eigenvalue weighted by Crippen LogP contribution is 2.30. The van der Waals surface area contributed by atoms with E-state index in [0.29, 0.717) is 0 Å². The summed E-state index contributed by atoms with van der Waals surface area (Å²) in [5, 5.41) is 10.6. The fourth-order valence-corrected chi connectivity index (χ4v) is 4.56. The third-order valence-corrected chi connectivity index (χ3v) is 6.14. The molecule has 27 heavy (non-hydrogen) atoms. The SMILES string of the molecule is N#CC(CCCN1CCc2[nH]c3ccc(F)cc3c2C1)c1ccccc1Br. The quantitative estimate of drug-likeness (QED) is 0.584. The summed E-state index contributed by atoms with van der Waals surface area (Å²) in [5.74, 6) is -0.283. The maximum absolute atomic E-state index is 13.6. The molecule has 4 rings (SSSR count). The molecule has 0 fully saturated rings. The number of nitrogens with zero attached hydrogens (tertiary/aromatic N) is 2. The summed E-state index contributed by atoms with van der Waals surface area (Å²) >= 11 is 3.55. The van der Waals surface area contributed by atoms with Crippen molar-refractivity contribution in [3.63, 3.8) is 0 Å². The van der Waals surface area contributed by atoms with Gasteiger partial charge in [0.05, 0.1) is 12.0 Å². The fourth-order valence-electron chi connectivity index (χ4n) is 4.00. The minimum atomic E-state index is -0.188. The van der Waals surface area contributed by atoms with Crippen LogP contribution >= 0.6 is 15.9 Å². The molecule has 2 heterocycles. The van der Waals surface area contributed by atoms with Gasteiger partial charge in [0.15, 0.2) is 0 Å². The van der Waals surface area contributed by atoms with Crippen molar-refractivity contribution in [2.75, 3.05) is 13.1 Å². The third-order valence-electron chi connectivity index (χ3n) is 5.42. The van der Waals surface area contributed by atoms with Crippen LogP contribution in [0.1, 0.15) is 35.6 Å². The largest absolute Gasteiger partial charge is 0.358 e. The summed E-state index contributed by atoms with van der Waals surface area (Å²) in [6.45, 7) is 2.78. The first-order valence-corrected chi connectivity index (χ1v) is 10.1. The van der Waals surface area contributed by atoms with Crippen molar-refractivity contribution < 1.29 is 4.39 Å². The second-order valence-electron chi connectivity index (χ2n) is 7.14. The molecule has 1 unspecified atom stereocenters. The Balaban J connectivity index is 1.40. The van der Waals surface area contributed by atoms with Gasteiger partial charge in [0.1, 0.15) is 5.82 Å². The van der Waals surface area contributed by atoms with Crippen LogP contribution in [0, 0.1) is 17.1 Å². The Labute approximate surface area is 166 Å². The molecule has 1 aliphatic rings. The summed E-state index contributed by atoms with van der Waals surface area (Å²) in [5.41, 5.74) is 4.53. The lowest BCUT2D eigenvalue weighted by atomic mass is 9.95. The van der Waals surface area contributed by atoms with Gasteiger partial charge < -0.3 is 4.98 Å². The number of aromatic nitrogens is 1. The highest BCUT2D eigenvalue weighted by molar-refractivity contribution is 9.10. The van der Waals surface area contributed by atoms with Crippen LogP contribution < -0.4 is 0 Å². The Kier molecular flexibility index (Phi) is 5.29. The Morgan fingerprint density at radius 3 is 2.93 bits per heavy atom. The van der Waals surface area contributed by atoms with Gasteiger partial charge in [-0.1, -0.05) is 34.1 Å². The molecule has 1 atom stereocenters. The lowest BCUT2D eigenvalue weighted by Gasteiger charge is -2.27. The van der Waals surface area contributed by atoms with Crippen molar-refractivity contribution in [2.24, 2.45) is 0 Å². The number of hydrogen-bond acceptors (Lipinski definition) is 2. The van der Waals surface area contributed by atoms with Crippen molar-refractivity contribution in [1.29, 1.82) is 5.26 Å². The molecule has 0 saturated carbocycles. The van der Waals surface area contributed by atoms with Crippen LogP contribution in [0.2, 0.25) is 0 Å². The number of nitriles is 1. The fraction of sp³-hybridized carbons (Fsp3) is 0.318. The van der Waals surface area contributed by atoms with Crippen molar-refractivity contribution >= 4 is 26.8 Å². The Bertz CT molecular complexity index is 1000. The van der Waals surface area contributed by atoms with E-state index in [2.05, 4.69) is 31.9 Å². The van der Waals surface area contributed by atoms with E-state index in [0.717, 1.165) is 59.8 Å². The molecule has 0 bridgehead atoms. The van der Waals surface area contributed by atoms with Crippen LogP contribution in [0.5, 0.6) is 0 Å². The first kappa shape index (κ1) is 18.2. The summed E-state index contributed by atoms with van der Waals surface area (Å²) < 4.78 is 14.6. The molecular formula is C22H21BrFN3. The van der Waals surface area contributed by atoms with E-state index < -0.39 is 0 Å². The maximum Gasteiger partial charge on any atom is 0.123 e. The number of fused-ring (bicyclic) bond motifs is 3. The van der Waals surface area contributed by atoms with E-state index >= 15 is 0 Å². The number of benzene rings is 2. The molecule has 0 saturated heterocycles. The van der Waals surface area contributed by atoms with Gasteiger partial charge >= 0.3 is 0 Å². The van der Waals surface area contributed by atoms with Crippen LogP contribution in [-0.2, 0) is 13.0 Å². The molecule has 2 aromatic carbocycles. The van der Waals surface area contributed by atoms with Gasteiger partial charge in [-0.15, -0.1) is 0 Å². The number of hydrogen-bond donors (Lipinski definition) is 1. The molecule has 3 aromatic rings. The number of halogens is 2. The highest BCUT2D eigenvalue weighted by atomic mass is 79.9. The predicted molar refractivity (Wildman–Crippen MR) is 109 cm³/mol. The lowest BCUT2D eigenvalue weighted by Crippen LogP contribution is -2.31. The second kappa shape index (κ2) is 7.84. The van der Waals surface area contributed by atoms with Crippen molar-refractivity contribution in [2.45, 2.75) is 31.7 Å². The van der Waals surface area contributed by atoms with E-state index in [-0.39, 0.29) is 11.7 Å². The van der Waals surface area contributed by atoms with Gasteiger partial charge in [-0.3, -0.25) is 4.90 Å². The van der Waals surface area contributed by atoms with Crippen molar-refractivity contribution in [3.05, 3.63) is 69.6 Å². The van der Waals surface area contributed by atoms with Gasteiger partial charge in [0.2, 0.25) is 0 Å². The monoisotopic (exact) mass is 425 g/mol. The topological polar surface area (TPSA) is 42.8 Å². The first-order chi connectivity index (χ1) is 13.2. The number of H-pyrrole nitrogens is 1. The summed E-state index contributed by atoms with van der Waals surface area (Å²) in [6.07, 6.45) is 2.76. The zero-order valence-electron chi connectivity index (χ0n) is 15.0. The third kappa shape index (κ3) is 3.78. The summed E-state index contributed by atoms with van der Waals surface area (Å²) in [7, 11) is 0. The number of rotatable bonds is 5. The maximum atomic E-state index is 13.6. The first-order valence-electron chi connectivity index (χ1n) is 9.31. The van der Waals surface area contributed by atoms with Gasteiger partial charge in [-0.2, -0.15) is 5.26 Å². The standard InChI is InChI=1S/C22H21BrFN3/c23-20-6-2-1-5-17(20)15(13-25)4-3-10-27-11-9-22-19(14-27)18-12-16(24)7-8-21(18)26-22/h1-2,5-8,12,15,26H,3-4,9-11,14H2. The van der Waals surface area contributed by atoms with Gasteiger partial charge in [-0.25, -0.2) is 4.39 Å². The molecule has 1 aromatic heterocycles. The Morgan fingerprint density at radius 1 is 1.26 bits per heavy atom. The number of nitrogens with one attached hydrogen (secondary N) is 1. The van der Waals surface area contributed by atoms with E-state index in [1.54, 1.807) is 6.07 Å². The molecule has 0 aliphatic carbocycles. The van der Waals surface area contributed by atoms with E-state index in [4.69, 9.17) is 0 Å². The molecule has 1 N–H and O–H groups in total. The van der Waals surface area contributed by atoms with Crippen LogP contribution in [-0.4, -0.2) is 23.0 Å². The van der Waals surface area contributed by atoms with Crippen molar-refractivity contribution in [3.8, 4) is 6.07 Å². The molecule has 0 spiro atoms. The van der Waals surface area contributed by atoms with Crippen LogP contribution in [0.3, 0.4) is 0 Å². The van der Waals surface area contributed by atoms with Gasteiger partial charge in [-0.05, 0) is 54.8 Å². The van der Waals surface area contributed by atoms with Crippen LogP contribution in [0.15, 0.2) is 46.9 Å². The Morgan fingerprint density at radius 2 is 2.11 bits per heavy atom. The van der Waals surface area contributed by atoms with Crippen LogP contribution in [0.4, 0.5) is 4.39 Å². The van der Waals surface area contributed by atoms with E-state index in [1.165, 1.54) is 17.3 Å². The van der Waals surface area contributed by atoms with E-state index in [9.17, 15) is 9.65 Å². The minimum Gasteiger partial charge on any atom is -0.358 e. The zero-order valence-corrected chi connectivity index (χ0v) is 16.6. The molecular weight excluding hydrogens is 405 g/mol. The molecule has 3 nitrogen and oxygen atoms in total. The predicted octanol–water partition coefficient (Wildman–Crippen LogP) is 5.52. The van der Waals surface area contributed by atoms with E-state index in [1.807, 2.05) is 30.3 Å². The summed E-state index contributed by atoms with van der Waals surface area (Å²) in [4.78, 5) is 5.85. The average molecular weight is 426 g/mol. The van der Waals surface area contributed by atoms with Crippen LogP contribution in [0.25, 0.3) is 10.9 Å². The lowest BCUT2D eigenvalue weighted by molar-refractivity contribution is 0.248. The molecule has 0 amide bonds. The highest BCUT2D eigenvalue weighted by Gasteiger charge is 2.21. The molecule has 138 valence electrons. The normalized spacial score (nSPS) is 15.4. The Hall–Kier alpha value is -2.16. The van der Waals surface area contributed by atoms with Gasteiger partial charge in [0.25, 0.3) is 0 Å². The zero-order chi connectivity index (χ0) is 18.8. The molecule has 5 heteroatoms. The molecule has 0 radical (unpaired) electrons. The minimum absolute atomic E-state index is 0.0943.